The smallest absolute Gasteiger partial charge is 0.259 e. The number of carbonyl (C=O) groups is 3. The minimum absolute atomic E-state index is 0.0158. The molecule has 3 aliphatic rings. The Kier molecular flexibility index (Phi) is 7.77. The minimum atomic E-state index is -2.48. The number of likely N-dealkylation sites (tertiary alicyclic amines) is 1. The number of imide groups is 1. The summed E-state index contributed by atoms with van der Waals surface area (Å²) in [6.45, 7) is 3.60. The quantitative estimate of drug-likeness (QED) is 0.369. The van der Waals surface area contributed by atoms with Crippen LogP contribution in [0.4, 0.5) is 14.5 Å². The van der Waals surface area contributed by atoms with E-state index >= 15 is 0 Å². The molecule has 2 saturated heterocycles. The van der Waals surface area contributed by atoms with Crippen molar-refractivity contribution < 1.29 is 23.2 Å². The molecule has 0 radical (unpaired) electrons. The fraction of sp³-hybridized carbons (Fsp3) is 0.552. The molecule has 3 heterocycles. The molecule has 1 N–H and O–H groups in total. The number of hydrogen-bond donors (Lipinski definition) is 1. The topological polar surface area (TPSA) is 73.0 Å². The second-order valence-corrected chi connectivity index (χ2v) is 11.0. The van der Waals surface area contributed by atoms with Gasteiger partial charge in [-0.25, -0.2) is 8.78 Å². The zero-order valence-corrected chi connectivity index (χ0v) is 22.0. The van der Waals surface area contributed by atoms with Crippen LogP contribution in [0.1, 0.15) is 67.3 Å². The average molecular weight is 527 g/mol. The SMILES string of the molecule is CN(CCCCCCN1CCC(F)(F)CC1)Cc1ccc2c3c(cccc13)C(=O)N2C1CCC(=O)NC1=O. The summed E-state index contributed by atoms with van der Waals surface area (Å²) < 4.78 is 26.6. The molecule has 38 heavy (non-hydrogen) atoms. The third-order valence-electron chi connectivity index (χ3n) is 8.13. The van der Waals surface area contributed by atoms with Crippen LogP contribution >= 0.6 is 0 Å². The zero-order valence-electron chi connectivity index (χ0n) is 22.0. The molecule has 3 aliphatic heterocycles. The third-order valence-corrected chi connectivity index (χ3v) is 8.13. The van der Waals surface area contributed by atoms with Gasteiger partial charge in [-0.3, -0.25) is 24.6 Å². The molecule has 0 spiro atoms. The number of piperidine rings is 2. The number of unbranched alkanes of at least 4 members (excludes halogenated alkanes) is 3. The molecule has 7 nitrogen and oxygen atoms in total. The van der Waals surface area contributed by atoms with Gasteiger partial charge < -0.3 is 9.80 Å². The predicted molar refractivity (Wildman–Crippen MR) is 142 cm³/mol. The Hall–Kier alpha value is -2.91. The number of nitrogens with zero attached hydrogens (tertiary/aromatic N) is 3. The molecule has 0 aliphatic carbocycles. The van der Waals surface area contributed by atoms with E-state index in [0.717, 1.165) is 67.3 Å². The van der Waals surface area contributed by atoms with Crippen molar-refractivity contribution >= 4 is 34.2 Å². The van der Waals surface area contributed by atoms with E-state index in [0.29, 0.717) is 25.1 Å². The van der Waals surface area contributed by atoms with E-state index in [1.54, 1.807) is 4.90 Å². The highest BCUT2D eigenvalue weighted by Crippen LogP contribution is 2.41. The molecule has 0 saturated carbocycles. The minimum Gasteiger partial charge on any atom is -0.303 e. The summed E-state index contributed by atoms with van der Waals surface area (Å²) in [5.41, 5.74) is 2.47. The maximum atomic E-state index is 13.3. The number of benzene rings is 2. The van der Waals surface area contributed by atoms with Crippen LogP contribution in [0.5, 0.6) is 0 Å². The van der Waals surface area contributed by atoms with E-state index in [2.05, 4.69) is 22.2 Å². The normalized spacial score (nSPS) is 21.5. The van der Waals surface area contributed by atoms with Gasteiger partial charge in [-0.15, -0.1) is 0 Å². The summed E-state index contributed by atoms with van der Waals surface area (Å²) in [5, 5.41) is 4.26. The van der Waals surface area contributed by atoms with Crippen LogP contribution in [-0.2, 0) is 16.1 Å². The lowest BCUT2D eigenvalue weighted by Crippen LogP contribution is -2.53. The molecule has 9 heteroatoms. The van der Waals surface area contributed by atoms with Crippen LogP contribution < -0.4 is 10.2 Å². The van der Waals surface area contributed by atoms with Crippen molar-refractivity contribution in [3.63, 3.8) is 0 Å². The number of anilines is 1. The van der Waals surface area contributed by atoms with Crippen molar-refractivity contribution in [2.75, 3.05) is 38.1 Å². The van der Waals surface area contributed by atoms with Crippen LogP contribution in [0.25, 0.3) is 10.8 Å². The van der Waals surface area contributed by atoms with Crippen molar-refractivity contribution in [1.82, 2.24) is 15.1 Å². The fourth-order valence-electron chi connectivity index (χ4n) is 5.99. The number of halogens is 2. The lowest BCUT2D eigenvalue weighted by Gasteiger charge is -2.31. The molecule has 0 bridgehead atoms. The summed E-state index contributed by atoms with van der Waals surface area (Å²) >= 11 is 0. The van der Waals surface area contributed by atoms with Crippen molar-refractivity contribution in [2.24, 2.45) is 0 Å². The Morgan fingerprint density at radius 3 is 2.55 bits per heavy atom. The van der Waals surface area contributed by atoms with E-state index in [1.807, 2.05) is 30.3 Å². The predicted octanol–water partition coefficient (Wildman–Crippen LogP) is 4.33. The van der Waals surface area contributed by atoms with E-state index < -0.39 is 17.9 Å². The van der Waals surface area contributed by atoms with E-state index in [9.17, 15) is 23.2 Å². The van der Waals surface area contributed by atoms with Crippen molar-refractivity contribution in [3.8, 4) is 0 Å². The second kappa shape index (κ2) is 11.1. The van der Waals surface area contributed by atoms with Gasteiger partial charge in [-0.05, 0) is 62.5 Å². The number of nitrogens with one attached hydrogen (secondary N) is 1. The lowest BCUT2D eigenvalue weighted by molar-refractivity contribution is -0.134. The zero-order chi connectivity index (χ0) is 26.9. The highest BCUT2D eigenvalue weighted by molar-refractivity contribution is 6.27. The van der Waals surface area contributed by atoms with Gasteiger partial charge in [0.05, 0.1) is 5.69 Å². The Morgan fingerprint density at radius 2 is 1.79 bits per heavy atom. The monoisotopic (exact) mass is 526 g/mol. The summed E-state index contributed by atoms with van der Waals surface area (Å²) in [5.74, 6) is -3.39. The first-order valence-electron chi connectivity index (χ1n) is 13.7. The van der Waals surface area contributed by atoms with Crippen molar-refractivity contribution in [2.45, 2.75) is 69.9 Å². The van der Waals surface area contributed by atoms with Gasteiger partial charge >= 0.3 is 0 Å². The molecule has 2 aromatic carbocycles. The molecule has 2 aromatic rings. The van der Waals surface area contributed by atoms with Crippen LogP contribution in [-0.4, -0.2) is 72.7 Å². The number of alkyl halides is 2. The standard InChI is InChI=1S/C29H36F2N4O3/c1-33(15-4-2-3-5-16-34-17-13-29(30,31)14-18-34)19-20-9-10-23-26-21(20)7-6-8-22(26)28(38)35(23)24-11-12-25(36)32-27(24)37/h6-10,24H,2-5,11-19H2,1H3,(H,32,36,37). The van der Waals surface area contributed by atoms with Crippen LogP contribution in [0.2, 0.25) is 0 Å². The summed E-state index contributed by atoms with van der Waals surface area (Å²) in [4.78, 5) is 43.5. The van der Waals surface area contributed by atoms with Gasteiger partial charge in [0.25, 0.3) is 11.8 Å². The maximum absolute atomic E-state index is 13.3. The molecular weight excluding hydrogens is 490 g/mol. The largest absolute Gasteiger partial charge is 0.303 e. The van der Waals surface area contributed by atoms with Gasteiger partial charge in [-0.1, -0.05) is 31.0 Å². The number of hydrogen-bond acceptors (Lipinski definition) is 5. The highest BCUT2D eigenvalue weighted by atomic mass is 19.3. The van der Waals surface area contributed by atoms with Gasteiger partial charge in [0.2, 0.25) is 11.8 Å². The molecular formula is C29H36F2N4O3. The average Bonchev–Trinajstić information content (AvgIpc) is 3.16. The molecule has 204 valence electrons. The van der Waals surface area contributed by atoms with Crippen molar-refractivity contribution in [1.29, 1.82) is 0 Å². The summed E-state index contributed by atoms with van der Waals surface area (Å²) in [6, 6.07) is 9.02. The number of rotatable bonds is 10. The molecule has 2 fully saturated rings. The Morgan fingerprint density at radius 1 is 1.03 bits per heavy atom. The van der Waals surface area contributed by atoms with Crippen LogP contribution in [0.3, 0.4) is 0 Å². The van der Waals surface area contributed by atoms with Gasteiger partial charge in [0.1, 0.15) is 6.04 Å². The van der Waals surface area contributed by atoms with Crippen molar-refractivity contribution in [3.05, 3.63) is 41.5 Å². The molecule has 3 amide bonds. The molecule has 0 aromatic heterocycles. The van der Waals surface area contributed by atoms with Gasteiger partial charge in [0.15, 0.2) is 0 Å². The summed E-state index contributed by atoms with van der Waals surface area (Å²) in [6.07, 6.45) is 4.83. The Labute approximate surface area is 222 Å². The van der Waals surface area contributed by atoms with E-state index in [4.69, 9.17) is 0 Å². The first-order valence-corrected chi connectivity index (χ1v) is 13.7. The third kappa shape index (κ3) is 5.59. The lowest BCUT2D eigenvalue weighted by atomic mass is 9.99. The molecule has 1 unspecified atom stereocenters. The van der Waals surface area contributed by atoms with Gasteiger partial charge in [-0.2, -0.15) is 0 Å². The number of carbonyl (C=O) groups excluding carboxylic acids is 3. The molecule has 5 rings (SSSR count). The Bertz CT molecular complexity index is 1220. The first kappa shape index (κ1) is 26.7. The highest BCUT2D eigenvalue weighted by Gasteiger charge is 2.41. The molecule has 1 atom stereocenters. The first-order chi connectivity index (χ1) is 18.2. The van der Waals surface area contributed by atoms with Crippen LogP contribution in [0.15, 0.2) is 30.3 Å². The number of amides is 3. The van der Waals surface area contributed by atoms with Crippen LogP contribution in [0, 0.1) is 0 Å². The van der Waals surface area contributed by atoms with E-state index in [1.165, 1.54) is 0 Å². The second-order valence-electron chi connectivity index (χ2n) is 11.0. The maximum Gasteiger partial charge on any atom is 0.259 e. The Balaban J connectivity index is 1.15. The fourth-order valence-corrected chi connectivity index (χ4v) is 5.99. The summed E-state index contributed by atoms with van der Waals surface area (Å²) in [7, 11) is 2.10. The van der Waals surface area contributed by atoms with E-state index in [-0.39, 0.29) is 31.1 Å². The van der Waals surface area contributed by atoms with Gasteiger partial charge in [0, 0.05) is 49.8 Å².